The summed E-state index contributed by atoms with van der Waals surface area (Å²) in [6.07, 6.45) is 4.09. The summed E-state index contributed by atoms with van der Waals surface area (Å²) in [5.74, 6) is 0.833. The largest absolute Gasteiger partial charge is 0.349 e. The van der Waals surface area contributed by atoms with Crippen LogP contribution in [0.4, 0.5) is 10.5 Å². The van der Waals surface area contributed by atoms with E-state index in [4.69, 9.17) is 0 Å². The van der Waals surface area contributed by atoms with Crippen molar-refractivity contribution in [3.63, 3.8) is 0 Å². The molecule has 24 heavy (non-hydrogen) atoms. The second kappa shape index (κ2) is 7.46. The molecular formula is C19H20N4O. The van der Waals surface area contributed by atoms with Crippen LogP contribution in [0.3, 0.4) is 0 Å². The van der Waals surface area contributed by atoms with Crippen molar-refractivity contribution in [2.24, 2.45) is 0 Å². The molecule has 3 aromatic rings. The number of imidazole rings is 1. The van der Waals surface area contributed by atoms with Gasteiger partial charge >= 0.3 is 6.03 Å². The van der Waals surface area contributed by atoms with Gasteiger partial charge in [-0.15, -0.1) is 0 Å². The molecule has 5 heteroatoms. The molecule has 0 radical (unpaired) electrons. The first-order valence-electron chi connectivity index (χ1n) is 7.88. The topological polar surface area (TPSA) is 69.8 Å². The average molecular weight is 320 g/mol. The van der Waals surface area contributed by atoms with E-state index in [0.717, 1.165) is 22.6 Å². The Hall–Kier alpha value is -3.08. The molecule has 0 saturated heterocycles. The lowest BCUT2D eigenvalue weighted by molar-refractivity contribution is 0.248. The maximum atomic E-state index is 12.4. The standard InChI is InChI=1S/C19H20N4O/c1-14-6-5-9-16(12-14)22-19(24)23-17(13-18-20-10-11-21-18)15-7-3-2-4-8-15/h2-12,17H,13H2,1H3,(H,20,21)(H2,22,23,24). The van der Waals surface area contributed by atoms with Gasteiger partial charge in [0.1, 0.15) is 5.82 Å². The molecule has 3 N–H and O–H groups in total. The van der Waals surface area contributed by atoms with E-state index in [-0.39, 0.29) is 12.1 Å². The zero-order valence-electron chi connectivity index (χ0n) is 13.5. The molecule has 0 saturated carbocycles. The fourth-order valence-electron chi connectivity index (χ4n) is 2.59. The molecule has 1 unspecified atom stereocenters. The minimum Gasteiger partial charge on any atom is -0.349 e. The number of nitrogens with zero attached hydrogens (tertiary/aromatic N) is 1. The van der Waals surface area contributed by atoms with Gasteiger partial charge in [-0.1, -0.05) is 42.5 Å². The van der Waals surface area contributed by atoms with Gasteiger partial charge in [0.05, 0.1) is 6.04 Å². The highest BCUT2D eigenvalue weighted by Gasteiger charge is 2.16. The van der Waals surface area contributed by atoms with Crippen molar-refractivity contribution in [2.45, 2.75) is 19.4 Å². The molecule has 0 bridgehead atoms. The van der Waals surface area contributed by atoms with Crippen molar-refractivity contribution < 1.29 is 4.79 Å². The highest BCUT2D eigenvalue weighted by molar-refractivity contribution is 5.89. The lowest BCUT2D eigenvalue weighted by Gasteiger charge is -2.19. The Bertz CT molecular complexity index is 784. The molecule has 3 rings (SSSR count). The average Bonchev–Trinajstić information content (AvgIpc) is 3.08. The summed E-state index contributed by atoms with van der Waals surface area (Å²) in [6, 6.07) is 17.2. The van der Waals surface area contributed by atoms with Crippen molar-refractivity contribution >= 4 is 11.7 Å². The number of benzene rings is 2. The SMILES string of the molecule is Cc1cccc(NC(=O)NC(Cc2ncc[nH]2)c2ccccc2)c1. The summed E-state index contributed by atoms with van der Waals surface area (Å²) in [5, 5.41) is 5.91. The van der Waals surface area contributed by atoms with Crippen molar-refractivity contribution in [3.8, 4) is 0 Å². The number of hydrogen-bond acceptors (Lipinski definition) is 2. The van der Waals surface area contributed by atoms with Crippen LogP contribution in [0, 0.1) is 6.92 Å². The third-order valence-corrected chi connectivity index (χ3v) is 3.74. The van der Waals surface area contributed by atoms with E-state index < -0.39 is 0 Å². The Morgan fingerprint density at radius 3 is 2.71 bits per heavy atom. The fraction of sp³-hybridized carbons (Fsp3) is 0.158. The summed E-state index contributed by atoms with van der Waals surface area (Å²) in [5.41, 5.74) is 2.91. The van der Waals surface area contributed by atoms with Crippen LogP contribution in [0.5, 0.6) is 0 Å². The Labute approximate surface area is 141 Å². The predicted octanol–water partition coefficient (Wildman–Crippen LogP) is 3.82. The number of aryl methyl sites for hydroxylation is 1. The van der Waals surface area contributed by atoms with Crippen molar-refractivity contribution in [1.82, 2.24) is 15.3 Å². The first-order chi connectivity index (χ1) is 11.7. The molecule has 1 atom stereocenters. The van der Waals surface area contributed by atoms with Crippen LogP contribution in [-0.4, -0.2) is 16.0 Å². The lowest BCUT2D eigenvalue weighted by Crippen LogP contribution is -2.33. The van der Waals surface area contributed by atoms with E-state index in [1.54, 1.807) is 12.4 Å². The number of anilines is 1. The zero-order valence-corrected chi connectivity index (χ0v) is 13.5. The normalized spacial score (nSPS) is 11.7. The van der Waals surface area contributed by atoms with E-state index in [0.29, 0.717) is 6.42 Å². The summed E-state index contributed by atoms with van der Waals surface area (Å²) >= 11 is 0. The lowest BCUT2D eigenvalue weighted by atomic mass is 10.0. The van der Waals surface area contributed by atoms with E-state index >= 15 is 0 Å². The molecular weight excluding hydrogens is 300 g/mol. The van der Waals surface area contributed by atoms with Gasteiger partial charge in [0, 0.05) is 24.5 Å². The number of aromatic amines is 1. The van der Waals surface area contributed by atoms with E-state index in [1.165, 1.54) is 0 Å². The van der Waals surface area contributed by atoms with Crippen molar-refractivity contribution in [3.05, 3.63) is 83.9 Å². The van der Waals surface area contributed by atoms with E-state index in [9.17, 15) is 4.79 Å². The molecule has 0 aliphatic heterocycles. The van der Waals surface area contributed by atoms with Crippen LogP contribution in [0.25, 0.3) is 0 Å². The number of urea groups is 1. The maximum Gasteiger partial charge on any atom is 0.319 e. The fourth-order valence-corrected chi connectivity index (χ4v) is 2.59. The molecule has 2 amide bonds. The third-order valence-electron chi connectivity index (χ3n) is 3.74. The van der Waals surface area contributed by atoms with E-state index in [1.807, 2.05) is 61.5 Å². The van der Waals surface area contributed by atoms with Crippen LogP contribution in [0.1, 0.15) is 23.0 Å². The monoisotopic (exact) mass is 320 g/mol. The van der Waals surface area contributed by atoms with Gasteiger partial charge in [-0.25, -0.2) is 9.78 Å². The van der Waals surface area contributed by atoms with Crippen LogP contribution in [-0.2, 0) is 6.42 Å². The minimum absolute atomic E-state index is 0.165. The number of aromatic nitrogens is 2. The Morgan fingerprint density at radius 1 is 1.17 bits per heavy atom. The summed E-state index contributed by atoms with van der Waals surface area (Å²) in [6.45, 7) is 1.99. The highest BCUT2D eigenvalue weighted by atomic mass is 16.2. The summed E-state index contributed by atoms with van der Waals surface area (Å²) in [4.78, 5) is 19.7. The number of hydrogen-bond donors (Lipinski definition) is 3. The van der Waals surface area contributed by atoms with Gasteiger partial charge in [0.2, 0.25) is 0 Å². The van der Waals surface area contributed by atoms with Crippen molar-refractivity contribution in [1.29, 1.82) is 0 Å². The van der Waals surface area contributed by atoms with Gasteiger partial charge in [-0.05, 0) is 30.2 Å². The first-order valence-corrected chi connectivity index (χ1v) is 7.88. The van der Waals surface area contributed by atoms with Gasteiger partial charge in [0.25, 0.3) is 0 Å². The number of carbonyl (C=O) groups is 1. The van der Waals surface area contributed by atoms with Gasteiger partial charge < -0.3 is 15.6 Å². The molecule has 1 aromatic heterocycles. The molecule has 2 aromatic carbocycles. The van der Waals surface area contributed by atoms with Crippen LogP contribution < -0.4 is 10.6 Å². The smallest absolute Gasteiger partial charge is 0.319 e. The first kappa shape index (κ1) is 15.8. The van der Waals surface area contributed by atoms with E-state index in [2.05, 4.69) is 20.6 Å². The second-order valence-corrected chi connectivity index (χ2v) is 5.67. The highest BCUT2D eigenvalue weighted by Crippen LogP contribution is 2.17. The number of rotatable bonds is 5. The summed E-state index contributed by atoms with van der Waals surface area (Å²) < 4.78 is 0. The van der Waals surface area contributed by atoms with Crippen LogP contribution >= 0.6 is 0 Å². The zero-order chi connectivity index (χ0) is 16.8. The molecule has 0 spiro atoms. The summed E-state index contributed by atoms with van der Waals surface area (Å²) in [7, 11) is 0. The van der Waals surface area contributed by atoms with Crippen LogP contribution in [0.15, 0.2) is 67.0 Å². The Kier molecular flexibility index (Phi) is 4.91. The minimum atomic E-state index is -0.235. The van der Waals surface area contributed by atoms with Crippen molar-refractivity contribution in [2.75, 3.05) is 5.32 Å². The maximum absolute atomic E-state index is 12.4. The predicted molar refractivity (Wildman–Crippen MR) is 94.8 cm³/mol. The molecule has 1 heterocycles. The number of carbonyl (C=O) groups excluding carboxylic acids is 1. The van der Waals surface area contributed by atoms with Gasteiger partial charge in [0.15, 0.2) is 0 Å². The molecule has 122 valence electrons. The Morgan fingerprint density at radius 2 is 2.00 bits per heavy atom. The molecule has 0 fully saturated rings. The molecule has 5 nitrogen and oxygen atoms in total. The van der Waals surface area contributed by atoms with Gasteiger partial charge in [-0.2, -0.15) is 0 Å². The number of amides is 2. The third kappa shape index (κ3) is 4.23. The second-order valence-electron chi connectivity index (χ2n) is 5.67. The van der Waals surface area contributed by atoms with Gasteiger partial charge in [-0.3, -0.25) is 0 Å². The van der Waals surface area contributed by atoms with Crippen LogP contribution in [0.2, 0.25) is 0 Å². The quantitative estimate of drug-likeness (QED) is 0.669. The number of nitrogens with one attached hydrogen (secondary N) is 3. The molecule has 0 aliphatic carbocycles. The Balaban J connectivity index is 1.72. The molecule has 0 aliphatic rings. The number of H-pyrrole nitrogens is 1.